The van der Waals surface area contributed by atoms with Crippen LogP contribution in [0.25, 0.3) is 11.0 Å². The predicted molar refractivity (Wildman–Crippen MR) is 140 cm³/mol. The first-order chi connectivity index (χ1) is 17.2. The van der Waals surface area contributed by atoms with E-state index in [-0.39, 0.29) is 11.4 Å². The Bertz CT molecular complexity index is 1330. The van der Waals surface area contributed by atoms with Crippen molar-refractivity contribution in [2.45, 2.75) is 71.0 Å². The minimum absolute atomic E-state index is 0.124. The van der Waals surface area contributed by atoms with Gasteiger partial charge in [-0.25, -0.2) is 4.98 Å². The highest BCUT2D eigenvalue weighted by molar-refractivity contribution is 5.89. The second-order valence-corrected chi connectivity index (χ2v) is 11.7. The summed E-state index contributed by atoms with van der Waals surface area (Å²) in [5.74, 6) is 0.156. The van der Waals surface area contributed by atoms with Crippen molar-refractivity contribution in [3.05, 3.63) is 34.9 Å². The molecule has 9 heteroatoms. The zero-order chi connectivity index (χ0) is 25.2. The van der Waals surface area contributed by atoms with Gasteiger partial charge in [-0.05, 0) is 57.4 Å². The summed E-state index contributed by atoms with van der Waals surface area (Å²) in [6, 6.07) is 2.19. The maximum absolute atomic E-state index is 12.2. The van der Waals surface area contributed by atoms with E-state index in [2.05, 4.69) is 39.9 Å². The first kappa shape index (κ1) is 23.5. The largest absolute Gasteiger partial charge is 0.366 e. The molecule has 0 radical (unpaired) electrons. The third kappa shape index (κ3) is 3.79. The van der Waals surface area contributed by atoms with Crippen molar-refractivity contribution in [2.24, 2.45) is 12.5 Å². The smallest absolute Gasteiger partial charge is 0.236 e. The summed E-state index contributed by atoms with van der Waals surface area (Å²) in [5.41, 5.74) is 7.53. The van der Waals surface area contributed by atoms with Crippen LogP contribution >= 0.6 is 0 Å². The van der Waals surface area contributed by atoms with Crippen molar-refractivity contribution in [1.82, 2.24) is 34.8 Å². The lowest BCUT2D eigenvalue weighted by molar-refractivity contribution is -0.128. The molecule has 6 rings (SSSR count). The Labute approximate surface area is 212 Å². The van der Waals surface area contributed by atoms with E-state index < -0.39 is 0 Å². The van der Waals surface area contributed by atoms with E-state index in [9.17, 15) is 4.79 Å². The van der Waals surface area contributed by atoms with Crippen molar-refractivity contribution in [2.75, 3.05) is 32.1 Å². The van der Waals surface area contributed by atoms with Gasteiger partial charge >= 0.3 is 0 Å². The first-order valence-corrected chi connectivity index (χ1v) is 13.2. The number of carbonyl (C=O) groups is 1. The summed E-state index contributed by atoms with van der Waals surface area (Å²) in [5, 5.41) is 14.3. The van der Waals surface area contributed by atoms with E-state index in [1.54, 1.807) is 4.90 Å². The SMILES string of the molecule is Cc1cc(N2CCc3c(c(C)nn3CC34CCC(NCC(=O)N(C)C)(CC3)C4)C2)c2cnn(C)c2n1. The van der Waals surface area contributed by atoms with E-state index in [1.165, 1.54) is 29.8 Å². The van der Waals surface area contributed by atoms with Crippen LogP contribution < -0.4 is 10.2 Å². The van der Waals surface area contributed by atoms with Crippen LogP contribution in [-0.4, -0.2) is 68.1 Å². The lowest BCUT2D eigenvalue weighted by atomic mass is 9.84. The van der Waals surface area contributed by atoms with E-state index in [0.717, 1.165) is 67.7 Å². The minimum atomic E-state index is 0.124. The van der Waals surface area contributed by atoms with Crippen molar-refractivity contribution in [3.63, 3.8) is 0 Å². The second-order valence-electron chi connectivity index (χ2n) is 11.7. The lowest BCUT2D eigenvalue weighted by Crippen LogP contribution is -2.46. The molecule has 0 atom stereocenters. The molecular formula is C27H38N8O. The molecule has 36 heavy (non-hydrogen) atoms. The van der Waals surface area contributed by atoms with Crippen LogP contribution in [0.4, 0.5) is 5.69 Å². The van der Waals surface area contributed by atoms with Crippen LogP contribution in [0.2, 0.25) is 0 Å². The molecule has 0 unspecified atom stereocenters. The zero-order valence-electron chi connectivity index (χ0n) is 22.3. The minimum Gasteiger partial charge on any atom is -0.366 e. The molecule has 2 bridgehead atoms. The van der Waals surface area contributed by atoms with E-state index in [0.29, 0.717) is 12.0 Å². The monoisotopic (exact) mass is 490 g/mol. The van der Waals surface area contributed by atoms with Gasteiger partial charge in [0, 0.05) is 69.7 Å². The number of hydrogen-bond acceptors (Lipinski definition) is 6. The number of nitrogens with one attached hydrogen (secondary N) is 1. The van der Waals surface area contributed by atoms with Gasteiger partial charge in [0.1, 0.15) is 0 Å². The molecule has 3 aliphatic rings. The molecule has 0 saturated heterocycles. The number of likely N-dealkylation sites (N-methyl/N-ethyl adjacent to an activating group) is 1. The lowest BCUT2D eigenvalue weighted by Gasteiger charge is -2.32. The molecule has 192 valence electrons. The van der Waals surface area contributed by atoms with Crippen molar-refractivity contribution < 1.29 is 4.79 Å². The maximum Gasteiger partial charge on any atom is 0.236 e. The van der Waals surface area contributed by atoms with Gasteiger partial charge in [0.2, 0.25) is 5.91 Å². The Morgan fingerprint density at radius 3 is 2.72 bits per heavy atom. The maximum atomic E-state index is 12.2. The number of carbonyl (C=O) groups excluding carboxylic acids is 1. The van der Waals surface area contributed by atoms with E-state index in [4.69, 9.17) is 10.1 Å². The van der Waals surface area contributed by atoms with Crippen LogP contribution in [-0.2, 0) is 31.4 Å². The fraction of sp³-hybridized carbons (Fsp3) is 0.630. The standard InChI is InChI=1S/C27H38N8O/c1-18-12-23(20-13-29-33(5)25(20)30-18)34-11-6-22-21(15-34)19(2)31-35(22)17-26-7-9-27(16-26,10-8-26)28-14-24(36)32(3)4/h12-13,28H,6-11,14-17H2,1-5H3. The predicted octanol–water partition coefficient (Wildman–Crippen LogP) is 2.73. The highest BCUT2D eigenvalue weighted by Crippen LogP contribution is 2.57. The highest BCUT2D eigenvalue weighted by Gasteiger charge is 2.54. The molecule has 1 N–H and O–H groups in total. The van der Waals surface area contributed by atoms with Gasteiger partial charge in [0.15, 0.2) is 5.65 Å². The van der Waals surface area contributed by atoms with Crippen LogP contribution in [0.5, 0.6) is 0 Å². The Morgan fingerprint density at radius 2 is 1.97 bits per heavy atom. The van der Waals surface area contributed by atoms with Crippen LogP contribution in [0.3, 0.4) is 0 Å². The van der Waals surface area contributed by atoms with Gasteiger partial charge in [0.25, 0.3) is 0 Å². The number of hydrogen-bond donors (Lipinski definition) is 1. The fourth-order valence-electron chi connectivity index (χ4n) is 7.00. The number of fused-ring (bicyclic) bond motifs is 4. The van der Waals surface area contributed by atoms with E-state index in [1.807, 2.05) is 32.0 Å². The Hall–Kier alpha value is -2.94. The van der Waals surface area contributed by atoms with Gasteiger partial charge in [-0.1, -0.05) is 0 Å². The molecule has 0 spiro atoms. The van der Waals surface area contributed by atoms with E-state index >= 15 is 0 Å². The normalized spacial score (nSPS) is 25.1. The van der Waals surface area contributed by atoms with Crippen molar-refractivity contribution in [3.8, 4) is 0 Å². The number of anilines is 1. The summed E-state index contributed by atoms with van der Waals surface area (Å²) >= 11 is 0. The first-order valence-electron chi connectivity index (χ1n) is 13.2. The summed E-state index contributed by atoms with van der Waals surface area (Å²) in [4.78, 5) is 21.0. The Morgan fingerprint density at radius 1 is 1.19 bits per heavy atom. The Balaban J connectivity index is 1.20. The molecule has 2 aliphatic carbocycles. The second kappa shape index (κ2) is 8.30. The topological polar surface area (TPSA) is 84.1 Å². The number of aryl methyl sites for hydroxylation is 3. The molecule has 1 amide bonds. The molecule has 2 saturated carbocycles. The van der Waals surface area contributed by atoms with Crippen molar-refractivity contribution >= 4 is 22.6 Å². The molecule has 1 aliphatic heterocycles. The number of aromatic nitrogens is 5. The Kier molecular flexibility index (Phi) is 5.41. The number of pyridine rings is 1. The highest BCUT2D eigenvalue weighted by atomic mass is 16.2. The molecule has 3 aromatic rings. The van der Waals surface area contributed by atoms with Crippen LogP contribution in [0.1, 0.15) is 54.7 Å². The summed E-state index contributed by atoms with van der Waals surface area (Å²) < 4.78 is 4.20. The fourth-order valence-corrected chi connectivity index (χ4v) is 7.00. The number of rotatable bonds is 6. The van der Waals surface area contributed by atoms with Gasteiger partial charge in [0.05, 0.1) is 29.5 Å². The van der Waals surface area contributed by atoms with Crippen molar-refractivity contribution in [1.29, 1.82) is 0 Å². The molecule has 4 heterocycles. The molecule has 9 nitrogen and oxygen atoms in total. The average molecular weight is 491 g/mol. The van der Waals surface area contributed by atoms with Gasteiger partial charge in [-0.3, -0.25) is 14.2 Å². The third-order valence-electron chi connectivity index (χ3n) is 9.07. The van der Waals surface area contributed by atoms with Gasteiger partial charge < -0.3 is 15.1 Å². The van der Waals surface area contributed by atoms with Crippen LogP contribution in [0.15, 0.2) is 12.3 Å². The number of nitrogens with zero attached hydrogens (tertiary/aromatic N) is 7. The zero-order valence-corrected chi connectivity index (χ0v) is 22.3. The van der Waals surface area contributed by atoms with Crippen LogP contribution in [0, 0.1) is 19.3 Å². The summed E-state index contributed by atoms with van der Waals surface area (Å²) in [7, 11) is 5.61. The molecule has 3 aromatic heterocycles. The summed E-state index contributed by atoms with van der Waals surface area (Å²) in [6.07, 6.45) is 8.83. The molecule has 2 fully saturated rings. The third-order valence-corrected chi connectivity index (χ3v) is 9.07. The quantitative estimate of drug-likeness (QED) is 0.572. The molecule has 0 aromatic carbocycles. The number of amides is 1. The average Bonchev–Trinajstić information content (AvgIpc) is 3.59. The van der Waals surface area contributed by atoms with Gasteiger partial charge in [-0.2, -0.15) is 10.2 Å². The summed E-state index contributed by atoms with van der Waals surface area (Å²) in [6.45, 7) is 7.50. The van der Waals surface area contributed by atoms with Gasteiger partial charge in [-0.15, -0.1) is 0 Å². The molecular weight excluding hydrogens is 452 g/mol.